The molecular formula is C44H50N2O11. The number of carbonyl (C=O) groups excluding carboxylic acids is 4. The van der Waals surface area contributed by atoms with E-state index in [2.05, 4.69) is 0 Å². The maximum Gasteiger partial charge on any atom is 0.342 e. The quantitative estimate of drug-likeness (QED) is 0.0381. The van der Waals surface area contributed by atoms with Crippen molar-refractivity contribution >= 4 is 35.6 Å². The van der Waals surface area contributed by atoms with Gasteiger partial charge in [-0.1, -0.05) is 66.7 Å². The lowest BCUT2D eigenvalue weighted by atomic mass is 10.1. The minimum absolute atomic E-state index is 0.0359. The Morgan fingerprint density at radius 2 is 1.26 bits per heavy atom. The van der Waals surface area contributed by atoms with Crippen LogP contribution in [-0.2, 0) is 48.2 Å². The van der Waals surface area contributed by atoms with Gasteiger partial charge in [0.25, 0.3) is 5.69 Å². The molecule has 0 aromatic heterocycles. The number of benzene rings is 4. The minimum Gasteiger partial charge on any atom is -0.492 e. The Morgan fingerprint density at radius 3 is 1.79 bits per heavy atom. The summed E-state index contributed by atoms with van der Waals surface area (Å²) in [5, 5.41) is 11.4. The van der Waals surface area contributed by atoms with E-state index in [1.165, 1.54) is 24.3 Å². The standard InChI is InChI=1S/C32H28N2O7.C12H22O4/c33-31(35)16-12-23-11-15-29(40-21-24-7-3-1-4-8-24)26(19-23)17-18-39-30-20-27(34(37)38)13-14-28(30)32(36)41-22-25-9-5-2-6-10-25;1-11(2,3)15-9(13)7-8-10(14)16-12(4,5)6/h1-16,19-20H,17-18,21-22H2,(H2,33,35);7-8H2,1-6H3/b16-12+;. The summed E-state index contributed by atoms with van der Waals surface area (Å²) < 4.78 is 27.5. The Balaban J connectivity index is 0.000000460. The number of nitro benzene ring substituents is 1. The van der Waals surface area contributed by atoms with Crippen LogP contribution in [0.4, 0.5) is 5.69 Å². The molecule has 0 saturated carbocycles. The average Bonchev–Trinajstić information content (AvgIpc) is 3.14. The first-order chi connectivity index (χ1) is 26.9. The molecule has 4 aromatic carbocycles. The van der Waals surface area contributed by atoms with E-state index < -0.39 is 28.0 Å². The molecule has 0 bridgehead atoms. The van der Waals surface area contributed by atoms with Crippen molar-refractivity contribution in [2.24, 2.45) is 5.73 Å². The summed E-state index contributed by atoms with van der Waals surface area (Å²) in [5.41, 5.74) is 7.36. The fourth-order valence-electron chi connectivity index (χ4n) is 4.93. The number of nitro groups is 1. The maximum absolute atomic E-state index is 12.9. The van der Waals surface area contributed by atoms with E-state index in [9.17, 15) is 29.3 Å². The largest absolute Gasteiger partial charge is 0.492 e. The van der Waals surface area contributed by atoms with Crippen LogP contribution in [0.2, 0.25) is 0 Å². The van der Waals surface area contributed by atoms with Crippen molar-refractivity contribution in [1.82, 2.24) is 0 Å². The van der Waals surface area contributed by atoms with Crippen LogP contribution in [0.1, 0.15) is 87.0 Å². The summed E-state index contributed by atoms with van der Waals surface area (Å²) in [6.45, 7) is 11.2. The number of nitrogens with two attached hydrogens (primary N) is 1. The van der Waals surface area contributed by atoms with Crippen LogP contribution >= 0.6 is 0 Å². The van der Waals surface area contributed by atoms with Gasteiger partial charge >= 0.3 is 17.9 Å². The van der Waals surface area contributed by atoms with Crippen LogP contribution < -0.4 is 15.2 Å². The zero-order valence-electron chi connectivity index (χ0n) is 33.2. The number of hydrogen-bond donors (Lipinski definition) is 1. The normalized spacial score (nSPS) is 11.1. The highest BCUT2D eigenvalue weighted by Gasteiger charge is 2.21. The number of hydrogen-bond acceptors (Lipinski definition) is 11. The third-order valence-electron chi connectivity index (χ3n) is 7.37. The highest BCUT2D eigenvalue weighted by Crippen LogP contribution is 2.28. The molecule has 0 aliphatic heterocycles. The Hall–Kier alpha value is -6.50. The first-order valence-electron chi connectivity index (χ1n) is 18.2. The summed E-state index contributed by atoms with van der Waals surface area (Å²) in [4.78, 5) is 57.5. The first kappa shape index (κ1) is 44.9. The predicted molar refractivity (Wildman–Crippen MR) is 214 cm³/mol. The van der Waals surface area contributed by atoms with E-state index in [1.54, 1.807) is 59.8 Å². The van der Waals surface area contributed by atoms with Gasteiger partial charge < -0.3 is 29.4 Å². The van der Waals surface area contributed by atoms with Crippen LogP contribution in [0.3, 0.4) is 0 Å². The molecule has 2 N–H and O–H groups in total. The Bertz CT molecular complexity index is 1970. The van der Waals surface area contributed by atoms with E-state index in [0.717, 1.165) is 22.3 Å². The number of ether oxygens (including phenoxy) is 5. The molecule has 13 nitrogen and oxygen atoms in total. The number of rotatable bonds is 16. The van der Waals surface area contributed by atoms with Crippen LogP contribution in [0, 0.1) is 10.1 Å². The molecule has 0 atom stereocenters. The second-order valence-electron chi connectivity index (χ2n) is 14.6. The topological polar surface area (TPSA) is 184 Å². The predicted octanol–water partition coefficient (Wildman–Crippen LogP) is 8.10. The van der Waals surface area contributed by atoms with Gasteiger partial charge in [0, 0.05) is 18.6 Å². The highest BCUT2D eigenvalue weighted by molar-refractivity contribution is 5.93. The minimum atomic E-state index is -0.663. The van der Waals surface area contributed by atoms with Crippen LogP contribution in [0.15, 0.2) is 103 Å². The Morgan fingerprint density at radius 1 is 0.702 bits per heavy atom. The molecule has 0 spiro atoms. The summed E-state index contributed by atoms with van der Waals surface area (Å²) in [5.74, 6) is -1.35. The maximum atomic E-state index is 12.9. The Kier molecular flexibility index (Phi) is 17.0. The third-order valence-corrected chi connectivity index (χ3v) is 7.37. The number of nitrogens with zero attached hydrogens (tertiary/aromatic N) is 1. The van der Waals surface area contributed by atoms with Crippen molar-refractivity contribution in [1.29, 1.82) is 0 Å². The fraction of sp³-hybridized carbons (Fsp3) is 0.318. The van der Waals surface area contributed by atoms with Gasteiger partial charge in [-0.15, -0.1) is 0 Å². The fourth-order valence-corrected chi connectivity index (χ4v) is 4.93. The molecule has 0 fully saturated rings. The molecule has 0 heterocycles. The molecule has 0 radical (unpaired) electrons. The molecule has 57 heavy (non-hydrogen) atoms. The highest BCUT2D eigenvalue weighted by atomic mass is 16.6. The second-order valence-corrected chi connectivity index (χ2v) is 14.6. The van der Waals surface area contributed by atoms with E-state index in [-0.39, 0.29) is 55.0 Å². The molecule has 0 aliphatic rings. The molecule has 4 aromatic rings. The molecule has 0 saturated heterocycles. The van der Waals surface area contributed by atoms with Crippen molar-refractivity contribution < 1.29 is 47.8 Å². The van der Waals surface area contributed by atoms with Gasteiger partial charge in [0.1, 0.15) is 41.5 Å². The van der Waals surface area contributed by atoms with Gasteiger partial charge in [-0.3, -0.25) is 24.5 Å². The second kappa shape index (κ2) is 21.6. The number of carbonyl (C=O) groups is 4. The van der Waals surface area contributed by atoms with Gasteiger partial charge in [-0.05, 0) is 88.1 Å². The molecule has 302 valence electrons. The van der Waals surface area contributed by atoms with Gasteiger partial charge in [-0.2, -0.15) is 0 Å². The number of esters is 3. The SMILES string of the molecule is CC(C)(C)OC(=O)CCC(=O)OC(C)(C)C.NC(=O)/C=C/c1ccc(OCc2ccccc2)c(CCOc2cc([N+](=O)[O-])ccc2C(=O)OCc2ccccc2)c1. The molecule has 0 unspecified atom stereocenters. The number of non-ortho nitro benzene ring substituents is 1. The molecule has 4 rings (SSSR count). The molecular weight excluding hydrogens is 732 g/mol. The zero-order valence-corrected chi connectivity index (χ0v) is 33.2. The van der Waals surface area contributed by atoms with Gasteiger partial charge in [0.05, 0.1) is 30.4 Å². The van der Waals surface area contributed by atoms with Crippen LogP contribution in [-0.4, -0.2) is 46.5 Å². The summed E-state index contributed by atoms with van der Waals surface area (Å²) in [6, 6.07) is 28.0. The van der Waals surface area contributed by atoms with Crippen LogP contribution in [0.5, 0.6) is 11.5 Å². The van der Waals surface area contributed by atoms with Gasteiger partial charge in [0.15, 0.2) is 0 Å². The van der Waals surface area contributed by atoms with Crippen molar-refractivity contribution in [3.8, 4) is 11.5 Å². The van der Waals surface area contributed by atoms with E-state index in [4.69, 9.17) is 29.4 Å². The summed E-state index contributed by atoms with van der Waals surface area (Å²) in [7, 11) is 0. The number of amides is 1. The van der Waals surface area contributed by atoms with Crippen molar-refractivity contribution in [2.45, 2.75) is 85.2 Å². The zero-order chi connectivity index (χ0) is 42.0. The van der Waals surface area contributed by atoms with E-state index in [1.807, 2.05) is 66.7 Å². The monoisotopic (exact) mass is 782 g/mol. The summed E-state index contributed by atoms with van der Waals surface area (Å²) in [6.07, 6.45) is 3.31. The van der Waals surface area contributed by atoms with Gasteiger partial charge in [0.2, 0.25) is 5.91 Å². The van der Waals surface area contributed by atoms with E-state index >= 15 is 0 Å². The lowest BCUT2D eigenvalue weighted by Gasteiger charge is -2.21. The number of primary amides is 1. The molecule has 1 amide bonds. The Labute approximate surface area is 332 Å². The van der Waals surface area contributed by atoms with Crippen molar-refractivity contribution in [3.63, 3.8) is 0 Å². The van der Waals surface area contributed by atoms with Crippen LogP contribution in [0.25, 0.3) is 6.08 Å². The molecule has 13 heteroatoms. The first-order valence-corrected chi connectivity index (χ1v) is 18.2. The lowest BCUT2D eigenvalue weighted by Crippen LogP contribution is -2.26. The van der Waals surface area contributed by atoms with Gasteiger partial charge in [-0.25, -0.2) is 4.79 Å². The summed E-state index contributed by atoms with van der Waals surface area (Å²) >= 11 is 0. The van der Waals surface area contributed by atoms with Crippen molar-refractivity contribution in [2.75, 3.05) is 6.61 Å². The third kappa shape index (κ3) is 17.7. The molecule has 0 aliphatic carbocycles. The van der Waals surface area contributed by atoms with E-state index in [0.29, 0.717) is 18.8 Å². The lowest BCUT2D eigenvalue weighted by molar-refractivity contribution is -0.384. The van der Waals surface area contributed by atoms with Crippen molar-refractivity contribution in [3.05, 3.63) is 141 Å². The average molecular weight is 783 g/mol. The smallest absolute Gasteiger partial charge is 0.342 e.